The molecule has 0 atom stereocenters. The summed E-state index contributed by atoms with van der Waals surface area (Å²) in [6, 6.07) is 7.84. The summed E-state index contributed by atoms with van der Waals surface area (Å²) in [6.07, 6.45) is -2.07. The van der Waals surface area contributed by atoms with Crippen LogP contribution >= 0.6 is 0 Å². The number of pyridine rings is 1. The Morgan fingerprint density at radius 2 is 1.78 bits per heavy atom. The molecule has 1 aromatic carbocycles. The SMILES string of the molecule is CCc1ccc2c(c1)CN(C1CN(CC(F)(F)F)C1)Cc1nnc(N3CC4(CN(c5ncc(F)cc5OC)C4)C3)n1-2. The second-order valence-electron chi connectivity index (χ2n) is 11.8. The van der Waals surface area contributed by atoms with Crippen LogP contribution in [-0.2, 0) is 19.5 Å². The van der Waals surface area contributed by atoms with Crippen LogP contribution in [0.4, 0.5) is 29.3 Å². The molecule has 6 heterocycles. The zero-order valence-corrected chi connectivity index (χ0v) is 23.0. The van der Waals surface area contributed by atoms with Gasteiger partial charge < -0.3 is 14.5 Å². The number of methoxy groups -OCH3 is 1. The van der Waals surface area contributed by atoms with Gasteiger partial charge >= 0.3 is 6.18 Å². The van der Waals surface area contributed by atoms with Gasteiger partial charge in [-0.15, -0.1) is 10.2 Å². The lowest BCUT2D eigenvalue weighted by molar-refractivity contribution is -0.161. The first kappa shape index (κ1) is 26.4. The van der Waals surface area contributed by atoms with E-state index in [2.05, 4.69) is 59.6 Å². The van der Waals surface area contributed by atoms with Crippen LogP contribution < -0.4 is 14.5 Å². The highest BCUT2D eigenvalue weighted by Gasteiger charge is 2.54. The molecule has 3 saturated heterocycles. The number of fused-ring (bicyclic) bond motifs is 3. The number of anilines is 2. The Balaban J connectivity index is 1.09. The molecule has 4 aliphatic heterocycles. The molecule has 41 heavy (non-hydrogen) atoms. The van der Waals surface area contributed by atoms with Gasteiger partial charge in [-0.05, 0) is 23.6 Å². The first-order valence-electron chi connectivity index (χ1n) is 13.9. The third-order valence-corrected chi connectivity index (χ3v) is 8.79. The Labute approximate surface area is 235 Å². The fraction of sp³-hybridized carbons (Fsp3) is 0.536. The minimum absolute atomic E-state index is 0.0347. The number of benzene rings is 1. The van der Waals surface area contributed by atoms with E-state index in [4.69, 9.17) is 4.74 Å². The van der Waals surface area contributed by atoms with Gasteiger partial charge in [0.1, 0.15) is 5.82 Å². The predicted molar refractivity (Wildman–Crippen MR) is 144 cm³/mol. The van der Waals surface area contributed by atoms with Gasteiger partial charge in [0.2, 0.25) is 5.95 Å². The van der Waals surface area contributed by atoms with E-state index >= 15 is 0 Å². The van der Waals surface area contributed by atoms with Gasteiger partial charge in [-0.2, -0.15) is 13.2 Å². The van der Waals surface area contributed by atoms with Crippen molar-refractivity contribution in [3.63, 3.8) is 0 Å². The third kappa shape index (κ3) is 4.68. The topological polar surface area (TPSA) is 65.8 Å². The monoisotopic (exact) mass is 572 g/mol. The zero-order valence-electron chi connectivity index (χ0n) is 23.0. The van der Waals surface area contributed by atoms with Crippen molar-refractivity contribution in [3.05, 3.63) is 53.2 Å². The molecule has 0 N–H and O–H groups in total. The van der Waals surface area contributed by atoms with Crippen LogP contribution in [-0.4, -0.2) is 94.7 Å². The maximum Gasteiger partial charge on any atom is 0.401 e. The van der Waals surface area contributed by atoms with Gasteiger partial charge in [-0.1, -0.05) is 19.1 Å². The average molecular weight is 573 g/mol. The number of hydrogen-bond donors (Lipinski definition) is 0. The van der Waals surface area contributed by atoms with Crippen LogP contribution in [0.3, 0.4) is 0 Å². The molecule has 3 aromatic rings. The Bertz CT molecular complexity index is 1460. The maximum absolute atomic E-state index is 13.6. The summed E-state index contributed by atoms with van der Waals surface area (Å²) in [4.78, 5) is 12.3. The molecule has 13 heteroatoms. The van der Waals surface area contributed by atoms with Crippen LogP contribution in [0, 0.1) is 11.2 Å². The number of likely N-dealkylation sites (tertiary alicyclic amines) is 1. The molecule has 0 unspecified atom stereocenters. The summed E-state index contributed by atoms with van der Waals surface area (Å²) in [5.41, 5.74) is 3.48. The zero-order chi connectivity index (χ0) is 28.5. The van der Waals surface area contributed by atoms with Gasteiger partial charge in [-0.3, -0.25) is 14.4 Å². The molecule has 0 amide bonds. The van der Waals surface area contributed by atoms with Crippen molar-refractivity contribution in [2.45, 2.75) is 38.7 Å². The summed E-state index contributed by atoms with van der Waals surface area (Å²) in [5.74, 6) is 2.25. The van der Waals surface area contributed by atoms with E-state index in [9.17, 15) is 17.6 Å². The predicted octanol–water partition coefficient (Wildman–Crippen LogP) is 3.26. The quantitative estimate of drug-likeness (QED) is 0.418. The fourth-order valence-corrected chi connectivity index (χ4v) is 6.75. The minimum Gasteiger partial charge on any atom is -0.493 e. The fourth-order valence-electron chi connectivity index (χ4n) is 6.75. The van der Waals surface area contributed by atoms with E-state index in [1.54, 1.807) is 0 Å². The van der Waals surface area contributed by atoms with Crippen LogP contribution in [0.15, 0.2) is 30.5 Å². The molecule has 3 fully saturated rings. The van der Waals surface area contributed by atoms with Crippen molar-refractivity contribution in [1.82, 2.24) is 29.5 Å². The summed E-state index contributed by atoms with van der Waals surface area (Å²) < 4.78 is 59.8. The summed E-state index contributed by atoms with van der Waals surface area (Å²) in [7, 11) is 1.52. The Morgan fingerprint density at radius 1 is 1.02 bits per heavy atom. The highest BCUT2D eigenvalue weighted by atomic mass is 19.4. The van der Waals surface area contributed by atoms with Gasteiger partial charge in [0.05, 0.1) is 32.1 Å². The largest absolute Gasteiger partial charge is 0.493 e. The van der Waals surface area contributed by atoms with Crippen LogP contribution in [0.2, 0.25) is 0 Å². The lowest BCUT2D eigenvalue weighted by Crippen LogP contribution is -2.73. The molecule has 0 radical (unpaired) electrons. The van der Waals surface area contributed by atoms with Crippen LogP contribution in [0.1, 0.15) is 23.9 Å². The lowest BCUT2D eigenvalue weighted by Gasteiger charge is -2.60. The number of aryl methyl sites for hydroxylation is 1. The van der Waals surface area contributed by atoms with Crippen LogP contribution in [0.25, 0.3) is 5.69 Å². The van der Waals surface area contributed by atoms with Crippen molar-refractivity contribution in [1.29, 1.82) is 0 Å². The standard InChI is InChI=1S/C28H32F4N8O/c1-3-18-4-5-22-19(6-18)9-37(21-10-36(11-21)17-28(30,31)32)12-24-34-35-26(40(22)24)39-15-27(16-39)13-38(14-27)25-23(41-2)7-20(29)8-33-25/h4-8,21H,3,9-17H2,1-2H3. The van der Waals surface area contributed by atoms with E-state index in [0.717, 1.165) is 55.6 Å². The molecule has 0 bridgehead atoms. The molecule has 218 valence electrons. The van der Waals surface area contributed by atoms with Crippen molar-refractivity contribution in [3.8, 4) is 11.4 Å². The van der Waals surface area contributed by atoms with E-state index in [1.165, 1.54) is 29.8 Å². The highest BCUT2D eigenvalue weighted by molar-refractivity contribution is 5.58. The second kappa shape index (κ2) is 9.55. The Hall–Kier alpha value is -3.45. The van der Waals surface area contributed by atoms with Gasteiger partial charge in [-0.25, -0.2) is 9.37 Å². The Kier molecular flexibility index (Phi) is 6.16. The number of ether oxygens (including phenoxy) is 1. The van der Waals surface area contributed by atoms with E-state index in [1.807, 2.05) is 0 Å². The summed E-state index contributed by atoms with van der Waals surface area (Å²) in [5, 5.41) is 9.19. The van der Waals surface area contributed by atoms with E-state index < -0.39 is 18.5 Å². The first-order valence-corrected chi connectivity index (χ1v) is 13.9. The molecule has 1 spiro atoms. The number of hydrogen-bond acceptors (Lipinski definition) is 8. The van der Waals surface area contributed by atoms with Crippen molar-refractivity contribution in [2.75, 3.05) is 62.7 Å². The molecule has 0 aliphatic carbocycles. The van der Waals surface area contributed by atoms with Crippen molar-refractivity contribution in [2.24, 2.45) is 5.41 Å². The molecule has 0 saturated carbocycles. The summed E-state index contributed by atoms with van der Waals surface area (Å²) in [6.45, 7) is 6.42. The number of alkyl halides is 3. The number of rotatable bonds is 6. The smallest absolute Gasteiger partial charge is 0.401 e. The van der Waals surface area contributed by atoms with Crippen molar-refractivity contribution < 1.29 is 22.3 Å². The summed E-state index contributed by atoms with van der Waals surface area (Å²) >= 11 is 0. The normalized spacial score (nSPS) is 20.6. The first-order chi connectivity index (χ1) is 19.6. The number of aromatic nitrogens is 4. The van der Waals surface area contributed by atoms with Gasteiger partial charge in [0.25, 0.3) is 0 Å². The molecular weight excluding hydrogens is 540 g/mol. The highest BCUT2D eigenvalue weighted by Crippen LogP contribution is 2.45. The number of halogens is 4. The molecule has 9 nitrogen and oxygen atoms in total. The molecular formula is C28H32F4N8O. The van der Waals surface area contributed by atoms with E-state index in [0.29, 0.717) is 37.7 Å². The van der Waals surface area contributed by atoms with Crippen LogP contribution in [0.5, 0.6) is 5.75 Å². The molecule has 7 rings (SSSR count). The lowest BCUT2D eigenvalue weighted by atomic mass is 9.73. The average Bonchev–Trinajstić information content (AvgIpc) is 3.19. The Morgan fingerprint density at radius 3 is 2.49 bits per heavy atom. The second-order valence-corrected chi connectivity index (χ2v) is 11.8. The third-order valence-electron chi connectivity index (χ3n) is 8.79. The van der Waals surface area contributed by atoms with Crippen molar-refractivity contribution >= 4 is 11.8 Å². The van der Waals surface area contributed by atoms with Gasteiger partial charge in [0.15, 0.2) is 17.4 Å². The minimum atomic E-state index is -4.19. The molecule has 2 aromatic heterocycles. The van der Waals surface area contributed by atoms with E-state index in [-0.39, 0.29) is 11.5 Å². The maximum atomic E-state index is 13.6. The number of nitrogens with zero attached hydrogens (tertiary/aromatic N) is 8. The van der Waals surface area contributed by atoms with Gasteiger partial charge in [0, 0.05) is 63.3 Å². The molecule has 4 aliphatic rings.